The van der Waals surface area contributed by atoms with Crippen LogP contribution in [0.5, 0.6) is 0 Å². The third-order valence-corrected chi connectivity index (χ3v) is 4.52. The molecule has 2 amide bonds. The van der Waals surface area contributed by atoms with E-state index in [9.17, 15) is 14.4 Å². The molecule has 0 aliphatic rings. The molecule has 0 saturated carbocycles. The summed E-state index contributed by atoms with van der Waals surface area (Å²) in [6, 6.07) is 12.9. The smallest absolute Gasteiger partial charge is 0.284 e. The number of anilines is 1. The third kappa shape index (κ3) is 3.76. The van der Waals surface area contributed by atoms with Crippen LogP contribution in [0.3, 0.4) is 0 Å². The molecule has 0 fully saturated rings. The van der Waals surface area contributed by atoms with Crippen LogP contribution in [0.25, 0.3) is 16.9 Å². The number of amides is 2. The normalized spacial score (nSPS) is 10.8. The molecule has 0 spiro atoms. The summed E-state index contributed by atoms with van der Waals surface area (Å²) >= 11 is 5.89. The maximum atomic E-state index is 12.7. The summed E-state index contributed by atoms with van der Waals surface area (Å²) in [5, 5.41) is 11.1. The molecule has 4 aromatic rings. The first-order chi connectivity index (χ1) is 14.4. The molecule has 0 aliphatic heterocycles. The zero-order chi connectivity index (χ0) is 21.3. The van der Waals surface area contributed by atoms with Gasteiger partial charge in [0.15, 0.2) is 11.2 Å². The molecule has 30 heavy (non-hydrogen) atoms. The quantitative estimate of drug-likeness (QED) is 0.497. The fraction of sp³-hybridized carbons (Fsp3) is 0.0526. The number of nitrogens with two attached hydrogens (primary N) is 1. The van der Waals surface area contributed by atoms with Gasteiger partial charge in [0.05, 0.1) is 5.69 Å². The first-order valence-corrected chi connectivity index (χ1v) is 9.06. The fourth-order valence-electron chi connectivity index (χ4n) is 2.79. The highest BCUT2D eigenvalue weighted by atomic mass is 35.5. The van der Waals surface area contributed by atoms with Crippen molar-refractivity contribution in [2.24, 2.45) is 5.73 Å². The first kappa shape index (κ1) is 19.3. The second-order valence-electron chi connectivity index (χ2n) is 6.32. The molecule has 2 heterocycles. The van der Waals surface area contributed by atoms with Gasteiger partial charge in [-0.1, -0.05) is 16.8 Å². The van der Waals surface area contributed by atoms with Crippen molar-refractivity contribution in [3.8, 4) is 5.69 Å². The van der Waals surface area contributed by atoms with Crippen molar-refractivity contribution in [3.63, 3.8) is 0 Å². The zero-order valence-electron chi connectivity index (χ0n) is 15.3. The van der Waals surface area contributed by atoms with Crippen molar-refractivity contribution in [2.75, 3.05) is 5.32 Å². The molecule has 0 atom stereocenters. The number of carbonyl (C=O) groups excluding carboxylic acids is 2. The predicted octanol–water partition coefficient (Wildman–Crippen LogP) is 1.37. The van der Waals surface area contributed by atoms with Crippen molar-refractivity contribution in [1.29, 1.82) is 0 Å². The molecule has 3 N–H and O–H groups in total. The Kier molecular flexibility index (Phi) is 4.98. The van der Waals surface area contributed by atoms with E-state index in [2.05, 4.69) is 20.6 Å². The van der Waals surface area contributed by atoms with Crippen LogP contribution in [0.15, 0.2) is 59.7 Å². The number of hydrogen-bond donors (Lipinski definition) is 2. The lowest BCUT2D eigenvalue weighted by atomic mass is 10.2. The molecular weight excluding hydrogens is 410 g/mol. The van der Waals surface area contributed by atoms with Crippen LogP contribution < -0.4 is 16.6 Å². The first-order valence-electron chi connectivity index (χ1n) is 8.69. The summed E-state index contributed by atoms with van der Waals surface area (Å²) in [5.41, 5.74) is 6.41. The summed E-state index contributed by atoms with van der Waals surface area (Å²) in [4.78, 5) is 40.3. The Hall–Kier alpha value is -4.05. The van der Waals surface area contributed by atoms with Crippen molar-refractivity contribution in [1.82, 2.24) is 24.5 Å². The monoisotopic (exact) mass is 423 g/mol. The Balaban J connectivity index is 1.55. The van der Waals surface area contributed by atoms with Gasteiger partial charge < -0.3 is 11.1 Å². The van der Waals surface area contributed by atoms with Gasteiger partial charge in [-0.3, -0.25) is 19.0 Å². The van der Waals surface area contributed by atoms with E-state index in [1.54, 1.807) is 36.4 Å². The maximum Gasteiger partial charge on any atom is 0.284 e. The van der Waals surface area contributed by atoms with E-state index in [-0.39, 0.29) is 17.7 Å². The Morgan fingerprint density at radius 3 is 2.43 bits per heavy atom. The highest BCUT2D eigenvalue weighted by molar-refractivity contribution is 6.30. The van der Waals surface area contributed by atoms with Crippen molar-refractivity contribution < 1.29 is 9.59 Å². The minimum absolute atomic E-state index is 0.0334. The van der Waals surface area contributed by atoms with E-state index in [0.29, 0.717) is 22.0 Å². The Labute approximate surface area is 173 Å². The van der Waals surface area contributed by atoms with E-state index in [1.807, 2.05) is 0 Å². The molecule has 0 radical (unpaired) electrons. The lowest BCUT2D eigenvalue weighted by molar-refractivity contribution is -0.116. The van der Waals surface area contributed by atoms with Crippen LogP contribution in [-0.2, 0) is 11.3 Å². The van der Waals surface area contributed by atoms with E-state index >= 15 is 0 Å². The number of nitrogens with zero attached hydrogens (tertiary/aromatic N) is 5. The van der Waals surface area contributed by atoms with Crippen LogP contribution in [0, 0.1) is 0 Å². The number of rotatable bonds is 5. The van der Waals surface area contributed by atoms with Gasteiger partial charge in [0.2, 0.25) is 11.8 Å². The van der Waals surface area contributed by atoms with Gasteiger partial charge in [-0.25, -0.2) is 4.98 Å². The average Bonchev–Trinajstić information content (AvgIpc) is 3.16. The number of aromatic nitrogens is 5. The zero-order valence-corrected chi connectivity index (χ0v) is 16.1. The molecule has 11 heteroatoms. The molecule has 150 valence electrons. The van der Waals surface area contributed by atoms with E-state index in [0.717, 1.165) is 4.57 Å². The highest BCUT2D eigenvalue weighted by Crippen LogP contribution is 2.15. The fourth-order valence-corrected chi connectivity index (χ4v) is 2.91. The minimum atomic E-state index is -0.564. The van der Waals surface area contributed by atoms with Gasteiger partial charge in [0.25, 0.3) is 5.56 Å². The number of halogens is 1. The number of benzene rings is 2. The summed E-state index contributed by atoms with van der Waals surface area (Å²) in [7, 11) is 0. The van der Waals surface area contributed by atoms with Crippen LogP contribution in [0.4, 0.5) is 5.69 Å². The molecule has 0 saturated heterocycles. The van der Waals surface area contributed by atoms with Crippen LogP contribution >= 0.6 is 11.6 Å². The number of nitrogens with one attached hydrogen (secondary N) is 1. The van der Waals surface area contributed by atoms with Crippen LogP contribution in [-0.4, -0.2) is 36.4 Å². The van der Waals surface area contributed by atoms with Crippen LogP contribution in [0.1, 0.15) is 10.4 Å². The van der Waals surface area contributed by atoms with Crippen molar-refractivity contribution in [3.05, 3.63) is 75.8 Å². The van der Waals surface area contributed by atoms with Gasteiger partial charge in [0, 0.05) is 16.3 Å². The topological polar surface area (TPSA) is 138 Å². The largest absolute Gasteiger partial charge is 0.366 e. The number of fused-ring (bicyclic) bond motifs is 1. The highest BCUT2D eigenvalue weighted by Gasteiger charge is 2.15. The number of primary amides is 1. The molecule has 2 aromatic carbocycles. The van der Waals surface area contributed by atoms with Crippen molar-refractivity contribution >= 4 is 40.3 Å². The predicted molar refractivity (Wildman–Crippen MR) is 110 cm³/mol. The second-order valence-corrected chi connectivity index (χ2v) is 6.75. The molecular formula is C19H14ClN7O3. The second kappa shape index (κ2) is 7.76. The van der Waals surface area contributed by atoms with E-state index in [4.69, 9.17) is 17.3 Å². The number of carbonyl (C=O) groups is 2. The summed E-state index contributed by atoms with van der Waals surface area (Å²) in [6.07, 6.45) is 1.26. The van der Waals surface area contributed by atoms with Gasteiger partial charge in [-0.05, 0) is 48.5 Å². The summed E-state index contributed by atoms with van der Waals surface area (Å²) < 4.78 is 2.55. The number of hydrogen-bond acceptors (Lipinski definition) is 6. The van der Waals surface area contributed by atoms with Gasteiger partial charge in [-0.15, -0.1) is 5.10 Å². The van der Waals surface area contributed by atoms with Crippen LogP contribution in [0.2, 0.25) is 5.02 Å². The lowest BCUT2D eigenvalue weighted by Crippen LogP contribution is -2.28. The molecule has 2 aromatic heterocycles. The molecule has 4 rings (SSSR count). The third-order valence-electron chi connectivity index (χ3n) is 4.27. The van der Waals surface area contributed by atoms with E-state index < -0.39 is 17.4 Å². The Morgan fingerprint density at radius 1 is 1.07 bits per heavy atom. The van der Waals surface area contributed by atoms with Gasteiger partial charge >= 0.3 is 0 Å². The van der Waals surface area contributed by atoms with Gasteiger partial charge in [-0.2, -0.15) is 4.68 Å². The summed E-state index contributed by atoms with van der Waals surface area (Å²) in [5.74, 6) is -1.01. The molecule has 10 nitrogen and oxygen atoms in total. The maximum absolute atomic E-state index is 12.7. The molecule has 0 unspecified atom stereocenters. The molecule has 0 aliphatic carbocycles. The Morgan fingerprint density at radius 2 is 1.77 bits per heavy atom. The standard InChI is InChI=1S/C19H14ClN7O3/c20-12-3-7-14(8-4-12)27-18-16(24-25-27)19(30)26(10-22-18)9-15(28)23-13-5-1-11(2-6-13)17(21)29/h1-8,10H,9H2,(H2,21,29)(H,23,28). The molecule has 0 bridgehead atoms. The van der Waals surface area contributed by atoms with E-state index in [1.165, 1.54) is 23.1 Å². The van der Waals surface area contributed by atoms with Gasteiger partial charge in [0.1, 0.15) is 12.9 Å². The minimum Gasteiger partial charge on any atom is -0.366 e. The average molecular weight is 424 g/mol. The SMILES string of the molecule is NC(=O)c1ccc(NC(=O)Cn2cnc3c(nnn3-c3ccc(Cl)cc3)c2=O)cc1. The van der Waals surface area contributed by atoms with Crippen molar-refractivity contribution in [2.45, 2.75) is 6.54 Å². The lowest BCUT2D eigenvalue weighted by Gasteiger charge is -2.07. The summed E-state index contributed by atoms with van der Waals surface area (Å²) in [6.45, 7) is -0.271. The Bertz CT molecular complexity index is 1310.